The topological polar surface area (TPSA) is 58.2 Å². The fourth-order valence-corrected chi connectivity index (χ4v) is 1.59. The standard InChI is InChI=1S/C13H26N2O2/c1-6-7-11(16)8-14-13(17)12(9(2)3)15-10(4)5/h9-10,12,15H,6-8H2,1-5H3,(H,14,17). The summed E-state index contributed by atoms with van der Waals surface area (Å²) in [6, 6.07) is 0.0175. The molecule has 0 saturated heterocycles. The molecule has 0 spiro atoms. The number of amides is 1. The van der Waals surface area contributed by atoms with Gasteiger partial charge in [-0.15, -0.1) is 0 Å². The van der Waals surface area contributed by atoms with Crippen molar-refractivity contribution in [2.45, 2.75) is 59.5 Å². The average Bonchev–Trinajstić information content (AvgIpc) is 2.22. The van der Waals surface area contributed by atoms with Gasteiger partial charge in [-0.1, -0.05) is 34.6 Å². The van der Waals surface area contributed by atoms with E-state index in [1.165, 1.54) is 0 Å². The maximum atomic E-state index is 11.9. The Morgan fingerprint density at radius 1 is 1.12 bits per heavy atom. The first kappa shape index (κ1) is 16.1. The van der Waals surface area contributed by atoms with Crippen LogP contribution in [-0.4, -0.2) is 30.3 Å². The molecule has 0 saturated carbocycles. The van der Waals surface area contributed by atoms with Crippen LogP contribution in [0.4, 0.5) is 0 Å². The van der Waals surface area contributed by atoms with Crippen LogP contribution in [0.2, 0.25) is 0 Å². The molecule has 0 radical (unpaired) electrons. The van der Waals surface area contributed by atoms with Crippen LogP contribution >= 0.6 is 0 Å². The zero-order valence-corrected chi connectivity index (χ0v) is 11.7. The number of ketones is 1. The summed E-state index contributed by atoms with van der Waals surface area (Å²) >= 11 is 0. The molecule has 4 heteroatoms. The first-order valence-corrected chi connectivity index (χ1v) is 6.43. The lowest BCUT2D eigenvalue weighted by Crippen LogP contribution is -2.50. The normalized spacial score (nSPS) is 12.9. The molecule has 100 valence electrons. The van der Waals surface area contributed by atoms with Gasteiger partial charge in [-0.3, -0.25) is 9.59 Å². The van der Waals surface area contributed by atoms with Crippen molar-refractivity contribution in [1.29, 1.82) is 0 Å². The van der Waals surface area contributed by atoms with Crippen LogP contribution < -0.4 is 10.6 Å². The summed E-state index contributed by atoms with van der Waals surface area (Å²) < 4.78 is 0. The summed E-state index contributed by atoms with van der Waals surface area (Å²) in [4.78, 5) is 23.2. The highest BCUT2D eigenvalue weighted by atomic mass is 16.2. The fourth-order valence-electron chi connectivity index (χ4n) is 1.59. The Labute approximate surface area is 105 Å². The second-order valence-electron chi connectivity index (χ2n) is 5.05. The Hall–Kier alpha value is -0.900. The van der Waals surface area contributed by atoms with E-state index < -0.39 is 0 Å². The number of carbonyl (C=O) groups is 2. The van der Waals surface area contributed by atoms with Gasteiger partial charge >= 0.3 is 0 Å². The minimum Gasteiger partial charge on any atom is -0.348 e. The number of Topliss-reactive ketones (excluding diaryl/α,β-unsaturated/α-hetero) is 1. The highest BCUT2D eigenvalue weighted by Crippen LogP contribution is 2.03. The van der Waals surface area contributed by atoms with Gasteiger partial charge in [0.15, 0.2) is 5.78 Å². The van der Waals surface area contributed by atoms with Crippen LogP contribution in [0.25, 0.3) is 0 Å². The summed E-state index contributed by atoms with van der Waals surface area (Å²) in [5, 5.41) is 5.91. The summed E-state index contributed by atoms with van der Waals surface area (Å²) in [6.07, 6.45) is 1.36. The minimum absolute atomic E-state index is 0.0850. The first-order chi connectivity index (χ1) is 7.88. The molecule has 4 nitrogen and oxygen atoms in total. The quantitative estimate of drug-likeness (QED) is 0.678. The Kier molecular flexibility index (Phi) is 7.79. The molecule has 0 aromatic heterocycles. The molecule has 0 aliphatic heterocycles. The molecule has 0 heterocycles. The number of rotatable bonds is 8. The molecule has 0 aromatic carbocycles. The second-order valence-corrected chi connectivity index (χ2v) is 5.05. The Morgan fingerprint density at radius 3 is 2.12 bits per heavy atom. The smallest absolute Gasteiger partial charge is 0.237 e. The van der Waals surface area contributed by atoms with Crippen LogP contribution in [0, 0.1) is 5.92 Å². The van der Waals surface area contributed by atoms with Gasteiger partial charge in [-0.05, 0) is 12.3 Å². The molecule has 0 fully saturated rings. The third-order valence-electron chi connectivity index (χ3n) is 2.45. The zero-order chi connectivity index (χ0) is 13.4. The summed E-state index contributed by atoms with van der Waals surface area (Å²) in [5.41, 5.74) is 0. The minimum atomic E-state index is -0.232. The third-order valence-corrected chi connectivity index (χ3v) is 2.45. The van der Waals surface area contributed by atoms with Crippen molar-refractivity contribution < 1.29 is 9.59 Å². The van der Waals surface area contributed by atoms with Gasteiger partial charge in [-0.25, -0.2) is 0 Å². The molecule has 2 N–H and O–H groups in total. The largest absolute Gasteiger partial charge is 0.348 e. The first-order valence-electron chi connectivity index (χ1n) is 6.43. The Bertz CT molecular complexity index is 250. The summed E-state index contributed by atoms with van der Waals surface area (Å²) in [6.45, 7) is 10.1. The van der Waals surface area contributed by atoms with Crippen LogP contribution in [0.15, 0.2) is 0 Å². The Morgan fingerprint density at radius 2 is 1.71 bits per heavy atom. The van der Waals surface area contributed by atoms with Crippen molar-refractivity contribution in [1.82, 2.24) is 10.6 Å². The van der Waals surface area contributed by atoms with Gasteiger partial charge in [0.2, 0.25) is 5.91 Å². The van der Waals surface area contributed by atoms with Gasteiger partial charge in [0.05, 0.1) is 12.6 Å². The van der Waals surface area contributed by atoms with E-state index in [0.717, 1.165) is 6.42 Å². The molecule has 1 amide bonds. The van der Waals surface area contributed by atoms with Crippen molar-refractivity contribution >= 4 is 11.7 Å². The van der Waals surface area contributed by atoms with Gasteiger partial charge in [-0.2, -0.15) is 0 Å². The molecular weight excluding hydrogens is 216 g/mol. The van der Waals surface area contributed by atoms with E-state index >= 15 is 0 Å². The van der Waals surface area contributed by atoms with Gasteiger partial charge < -0.3 is 10.6 Å². The molecule has 0 aliphatic rings. The van der Waals surface area contributed by atoms with Crippen molar-refractivity contribution in [2.75, 3.05) is 6.54 Å². The van der Waals surface area contributed by atoms with E-state index in [1.807, 2.05) is 34.6 Å². The van der Waals surface area contributed by atoms with E-state index in [1.54, 1.807) is 0 Å². The predicted molar refractivity (Wildman–Crippen MR) is 69.8 cm³/mol. The van der Waals surface area contributed by atoms with Crippen LogP contribution in [0.3, 0.4) is 0 Å². The van der Waals surface area contributed by atoms with Gasteiger partial charge in [0.1, 0.15) is 0 Å². The highest BCUT2D eigenvalue weighted by molar-refractivity contribution is 5.88. The molecule has 0 aromatic rings. The molecule has 0 rings (SSSR count). The Balaban J connectivity index is 4.19. The molecule has 0 aliphatic carbocycles. The lowest BCUT2D eigenvalue weighted by atomic mass is 10.0. The lowest BCUT2D eigenvalue weighted by Gasteiger charge is -2.23. The van der Waals surface area contributed by atoms with E-state index in [9.17, 15) is 9.59 Å². The van der Waals surface area contributed by atoms with Crippen molar-refractivity contribution in [2.24, 2.45) is 5.92 Å². The zero-order valence-electron chi connectivity index (χ0n) is 11.7. The number of hydrogen-bond acceptors (Lipinski definition) is 3. The van der Waals surface area contributed by atoms with Crippen LogP contribution in [0.5, 0.6) is 0 Å². The SMILES string of the molecule is CCCC(=O)CNC(=O)C(NC(C)C)C(C)C. The summed E-state index contributed by atoms with van der Waals surface area (Å²) in [7, 11) is 0. The molecule has 1 unspecified atom stereocenters. The predicted octanol–water partition coefficient (Wildman–Crippen LogP) is 1.49. The van der Waals surface area contributed by atoms with Crippen molar-refractivity contribution in [3.63, 3.8) is 0 Å². The van der Waals surface area contributed by atoms with Crippen molar-refractivity contribution in [3.05, 3.63) is 0 Å². The lowest BCUT2D eigenvalue weighted by molar-refractivity contribution is -0.127. The summed E-state index contributed by atoms with van der Waals surface area (Å²) in [5.74, 6) is 0.213. The fraction of sp³-hybridized carbons (Fsp3) is 0.846. The monoisotopic (exact) mass is 242 g/mol. The van der Waals surface area contributed by atoms with E-state index in [0.29, 0.717) is 6.42 Å². The maximum absolute atomic E-state index is 11.9. The highest BCUT2D eigenvalue weighted by Gasteiger charge is 2.22. The van der Waals surface area contributed by atoms with Crippen molar-refractivity contribution in [3.8, 4) is 0 Å². The van der Waals surface area contributed by atoms with E-state index in [-0.39, 0.29) is 36.2 Å². The van der Waals surface area contributed by atoms with E-state index in [2.05, 4.69) is 10.6 Å². The third kappa shape index (κ3) is 7.10. The molecule has 0 bridgehead atoms. The van der Waals surface area contributed by atoms with Crippen LogP contribution in [-0.2, 0) is 9.59 Å². The number of carbonyl (C=O) groups excluding carboxylic acids is 2. The molecule has 17 heavy (non-hydrogen) atoms. The van der Waals surface area contributed by atoms with Crippen LogP contribution in [0.1, 0.15) is 47.5 Å². The molecule has 1 atom stereocenters. The maximum Gasteiger partial charge on any atom is 0.237 e. The van der Waals surface area contributed by atoms with Gasteiger partial charge in [0.25, 0.3) is 0 Å². The molecular formula is C13H26N2O2. The van der Waals surface area contributed by atoms with Gasteiger partial charge in [0, 0.05) is 12.5 Å². The number of hydrogen-bond donors (Lipinski definition) is 2. The average molecular weight is 242 g/mol. The number of nitrogens with one attached hydrogen (secondary N) is 2. The second kappa shape index (κ2) is 8.23. The van der Waals surface area contributed by atoms with E-state index in [4.69, 9.17) is 0 Å².